The van der Waals surface area contributed by atoms with E-state index in [0.29, 0.717) is 11.6 Å². The fourth-order valence-electron chi connectivity index (χ4n) is 2.28. The Morgan fingerprint density at radius 1 is 1.60 bits per heavy atom. The fourth-order valence-corrected chi connectivity index (χ4v) is 2.48. The number of nitrogens with two attached hydrogens (primary N) is 1. The molecule has 106 valence electrons. The Kier molecular flexibility index (Phi) is 3.50. The molecule has 1 atom stereocenters. The topological polar surface area (TPSA) is 79.4 Å². The van der Waals surface area contributed by atoms with Crippen molar-refractivity contribution in [3.8, 4) is 5.75 Å². The third-order valence-electron chi connectivity index (χ3n) is 3.32. The minimum Gasteiger partial charge on any atom is -0.410 e. The summed E-state index contributed by atoms with van der Waals surface area (Å²) >= 11 is 5.94. The SMILES string of the molecule is NC(=O)Oc1ccc2c(c1)nc(CCl)n2CC1CCO1. The van der Waals surface area contributed by atoms with E-state index < -0.39 is 6.09 Å². The van der Waals surface area contributed by atoms with E-state index in [9.17, 15) is 4.79 Å². The number of carbonyl (C=O) groups is 1. The van der Waals surface area contributed by atoms with Gasteiger partial charge in [-0.15, -0.1) is 11.6 Å². The highest BCUT2D eigenvalue weighted by Crippen LogP contribution is 2.25. The lowest BCUT2D eigenvalue weighted by Gasteiger charge is -2.27. The molecular formula is C13H14ClN3O3. The van der Waals surface area contributed by atoms with E-state index in [0.717, 1.165) is 36.4 Å². The van der Waals surface area contributed by atoms with Gasteiger partial charge in [0.15, 0.2) is 0 Å². The Bertz CT molecular complexity index is 652. The monoisotopic (exact) mass is 295 g/mol. The molecule has 2 aromatic rings. The zero-order valence-corrected chi connectivity index (χ0v) is 11.5. The number of amides is 1. The van der Waals surface area contributed by atoms with Gasteiger partial charge in [-0.25, -0.2) is 9.78 Å². The number of aromatic nitrogens is 2. The minimum absolute atomic E-state index is 0.218. The van der Waals surface area contributed by atoms with E-state index in [1.807, 2.05) is 10.6 Å². The molecule has 1 aliphatic rings. The van der Waals surface area contributed by atoms with Crippen molar-refractivity contribution < 1.29 is 14.3 Å². The predicted molar refractivity (Wildman–Crippen MR) is 73.9 cm³/mol. The number of hydrogen-bond acceptors (Lipinski definition) is 4. The summed E-state index contributed by atoms with van der Waals surface area (Å²) in [4.78, 5) is 15.2. The number of benzene rings is 1. The highest BCUT2D eigenvalue weighted by atomic mass is 35.5. The van der Waals surface area contributed by atoms with E-state index in [4.69, 9.17) is 26.8 Å². The molecule has 1 aromatic carbocycles. The third kappa shape index (κ3) is 2.44. The number of primary amides is 1. The predicted octanol–water partition coefficient (Wildman–Crippen LogP) is 2.02. The molecule has 0 bridgehead atoms. The normalized spacial score (nSPS) is 17.9. The van der Waals surface area contributed by atoms with Gasteiger partial charge in [-0.3, -0.25) is 0 Å². The number of imidazole rings is 1. The summed E-state index contributed by atoms with van der Waals surface area (Å²) in [5.74, 6) is 1.46. The average molecular weight is 296 g/mol. The van der Waals surface area contributed by atoms with Crippen LogP contribution in [0.4, 0.5) is 4.79 Å². The van der Waals surface area contributed by atoms with Crippen LogP contribution in [0.2, 0.25) is 0 Å². The number of fused-ring (bicyclic) bond motifs is 1. The summed E-state index contributed by atoms with van der Waals surface area (Å²) in [6.45, 7) is 1.54. The number of nitrogens with zero attached hydrogens (tertiary/aromatic N) is 2. The zero-order chi connectivity index (χ0) is 14.1. The van der Waals surface area contributed by atoms with Crippen molar-refractivity contribution in [3.05, 3.63) is 24.0 Å². The standard InChI is InChI=1S/C13H14ClN3O3/c14-6-12-16-10-5-8(20-13(15)18)1-2-11(10)17(12)7-9-3-4-19-9/h1-2,5,9H,3-4,6-7H2,(H2,15,18). The molecule has 2 N–H and O–H groups in total. The van der Waals surface area contributed by atoms with Gasteiger partial charge in [0.1, 0.15) is 11.6 Å². The van der Waals surface area contributed by atoms with Gasteiger partial charge < -0.3 is 19.8 Å². The molecule has 2 heterocycles. The van der Waals surface area contributed by atoms with Crippen LogP contribution in [0.3, 0.4) is 0 Å². The Hall–Kier alpha value is -1.79. The molecule has 6 nitrogen and oxygen atoms in total. The van der Waals surface area contributed by atoms with Crippen LogP contribution in [0, 0.1) is 0 Å². The maximum Gasteiger partial charge on any atom is 0.409 e. The molecule has 1 aromatic heterocycles. The lowest BCUT2D eigenvalue weighted by atomic mass is 10.2. The Balaban J connectivity index is 1.97. The summed E-state index contributed by atoms with van der Waals surface area (Å²) in [6.07, 6.45) is 0.421. The molecule has 1 fully saturated rings. The Morgan fingerprint density at radius 2 is 2.40 bits per heavy atom. The van der Waals surface area contributed by atoms with Crippen LogP contribution in [0.1, 0.15) is 12.2 Å². The average Bonchev–Trinajstić information content (AvgIpc) is 2.70. The van der Waals surface area contributed by atoms with Crippen LogP contribution in [0.25, 0.3) is 11.0 Å². The number of rotatable bonds is 4. The number of carbonyl (C=O) groups excluding carboxylic acids is 1. The van der Waals surface area contributed by atoms with Gasteiger partial charge in [0, 0.05) is 12.7 Å². The first-order valence-electron chi connectivity index (χ1n) is 6.31. The molecule has 1 saturated heterocycles. The van der Waals surface area contributed by atoms with Gasteiger partial charge in [0.2, 0.25) is 0 Å². The molecule has 1 amide bonds. The maximum atomic E-state index is 10.8. The number of alkyl halides is 1. The first kappa shape index (κ1) is 13.2. The van der Waals surface area contributed by atoms with Gasteiger partial charge in [0.25, 0.3) is 0 Å². The second-order valence-electron chi connectivity index (χ2n) is 4.63. The van der Waals surface area contributed by atoms with Crippen molar-refractivity contribution in [1.82, 2.24) is 9.55 Å². The van der Waals surface area contributed by atoms with Gasteiger partial charge in [-0.2, -0.15) is 0 Å². The number of hydrogen-bond donors (Lipinski definition) is 1. The molecule has 0 spiro atoms. The van der Waals surface area contributed by atoms with Crippen LogP contribution in [-0.4, -0.2) is 28.4 Å². The van der Waals surface area contributed by atoms with E-state index in [1.54, 1.807) is 12.1 Å². The summed E-state index contributed by atoms with van der Waals surface area (Å²) < 4.78 is 12.3. The van der Waals surface area contributed by atoms with Crippen molar-refractivity contribution in [2.75, 3.05) is 6.61 Å². The van der Waals surface area contributed by atoms with Crippen molar-refractivity contribution in [2.45, 2.75) is 24.9 Å². The summed E-state index contributed by atoms with van der Waals surface area (Å²) in [5.41, 5.74) is 6.66. The van der Waals surface area contributed by atoms with Crippen LogP contribution in [-0.2, 0) is 17.2 Å². The first-order valence-corrected chi connectivity index (χ1v) is 6.85. The van der Waals surface area contributed by atoms with Crippen molar-refractivity contribution in [2.24, 2.45) is 5.73 Å². The molecule has 20 heavy (non-hydrogen) atoms. The van der Waals surface area contributed by atoms with E-state index in [1.165, 1.54) is 0 Å². The van der Waals surface area contributed by atoms with Crippen molar-refractivity contribution >= 4 is 28.7 Å². The lowest BCUT2D eigenvalue weighted by molar-refractivity contribution is -0.0589. The number of halogens is 1. The van der Waals surface area contributed by atoms with E-state index in [-0.39, 0.29) is 6.10 Å². The molecule has 0 radical (unpaired) electrons. The highest BCUT2D eigenvalue weighted by molar-refractivity contribution is 6.16. The van der Waals surface area contributed by atoms with Crippen LogP contribution in [0.15, 0.2) is 18.2 Å². The van der Waals surface area contributed by atoms with Crippen molar-refractivity contribution in [1.29, 1.82) is 0 Å². The molecule has 1 unspecified atom stereocenters. The second-order valence-corrected chi connectivity index (χ2v) is 4.89. The zero-order valence-electron chi connectivity index (χ0n) is 10.7. The molecular weight excluding hydrogens is 282 g/mol. The summed E-state index contributed by atoms with van der Waals surface area (Å²) in [6, 6.07) is 5.20. The Morgan fingerprint density at radius 3 is 3.00 bits per heavy atom. The molecule has 0 saturated carbocycles. The van der Waals surface area contributed by atoms with Crippen molar-refractivity contribution in [3.63, 3.8) is 0 Å². The largest absolute Gasteiger partial charge is 0.410 e. The Labute approximate surface area is 120 Å². The lowest BCUT2D eigenvalue weighted by Crippen LogP contribution is -2.31. The third-order valence-corrected chi connectivity index (χ3v) is 3.56. The molecule has 1 aliphatic heterocycles. The summed E-state index contributed by atoms with van der Waals surface area (Å²) in [7, 11) is 0. The quantitative estimate of drug-likeness (QED) is 0.875. The van der Waals surface area contributed by atoms with E-state index >= 15 is 0 Å². The number of ether oxygens (including phenoxy) is 2. The highest BCUT2D eigenvalue weighted by Gasteiger charge is 2.21. The van der Waals surface area contributed by atoms with Gasteiger partial charge in [0.05, 0.1) is 29.6 Å². The fraction of sp³-hybridized carbons (Fsp3) is 0.385. The maximum absolute atomic E-state index is 10.8. The van der Waals surface area contributed by atoms with E-state index in [2.05, 4.69) is 4.98 Å². The van der Waals surface area contributed by atoms with Crippen LogP contribution < -0.4 is 10.5 Å². The van der Waals surface area contributed by atoms with Gasteiger partial charge >= 0.3 is 6.09 Å². The smallest absolute Gasteiger partial charge is 0.409 e. The second kappa shape index (κ2) is 5.30. The van der Waals surface area contributed by atoms with Gasteiger partial charge in [-0.05, 0) is 18.6 Å². The molecule has 3 rings (SSSR count). The first-order chi connectivity index (χ1) is 9.67. The minimum atomic E-state index is -0.843. The van der Waals surface area contributed by atoms with Gasteiger partial charge in [-0.1, -0.05) is 0 Å². The summed E-state index contributed by atoms with van der Waals surface area (Å²) in [5, 5.41) is 0. The van der Waals surface area contributed by atoms with Crippen LogP contribution in [0.5, 0.6) is 5.75 Å². The molecule has 7 heteroatoms. The molecule has 0 aliphatic carbocycles. The van der Waals surface area contributed by atoms with Crippen LogP contribution >= 0.6 is 11.6 Å².